The lowest BCUT2D eigenvalue weighted by Gasteiger charge is -2.06. The Morgan fingerprint density at radius 2 is 2.05 bits per heavy atom. The highest BCUT2D eigenvalue weighted by atomic mass is 35.5. The lowest BCUT2D eigenvalue weighted by Crippen LogP contribution is -2.26. The number of hydrogen-bond acceptors (Lipinski definition) is 6. The molecule has 1 aromatic heterocycles. The number of nitrogens with two attached hydrogens (primary N) is 1. The summed E-state index contributed by atoms with van der Waals surface area (Å²) in [5.41, 5.74) is 6.15. The lowest BCUT2D eigenvalue weighted by atomic mass is 10.1. The van der Waals surface area contributed by atoms with Gasteiger partial charge in [-0.15, -0.1) is 10.2 Å². The first-order chi connectivity index (χ1) is 9.38. The second kappa shape index (κ2) is 6.23. The van der Waals surface area contributed by atoms with Gasteiger partial charge in [0.1, 0.15) is 0 Å². The zero-order chi connectivity index (χ0) is 14.8. The molecule has 0 atom stereocenters. The van der Waals surface area contributed by atoms with E-state index in [0.717, 1.165) is 16.9 Å². The summed E-state index contributed by atoms with van der Waals surface area (Å²) >= 11 is 12.6. The molecule has 1 aromatic carbocycles. The molecule has 0 saturated heterocycles. The third-order valence-corrected chi connectivity index (χ3v) is 5.52. The smallest absolute Gasteiger partial charge is 0.269 e. The second-order valence-corrected chi connectivity index (χ2v) is 7.58. The van der Waals surface area contributed by atoms with Gasteiger partial charge in [-0.2, -0.15) is 0 Å². The van der Waals surface area contributed by atoms with Crippen molar-refractivity contribution >= 4 is 49.7 Å². The minimum absolute atomic E-state index is 0.103. The van der Waals surface area contributed by atoms with Crippen molar-refractivity contribution in [1.29, 1.82) is 0 Å². The predicted molar refractivity (Wildman–Crippen MR) is 79.7 cm³/mol. The molecule has 0 aliphatic rings. The first-order valence-electron chi connectivity index (χ1n) is 5.41. The van der Waals surface area contributed by atoms with Gasteiger partial charge in [0.05, 0.1) is 0 Å². The van der Waals surface area contributed by atoms with Crippen LogP contribution in [0.2, 0.25) is 10.0 Å². The third kappa shape index (κ3) is 3.80. The molecule has 0 radical (unpaired) electrons. The molecule has 0 amide bonds. The Labute approximate surface area is 130 Å². The van der Waals surface area contributed by atoms with Crippen LogP contribution in [0, 0.1) is 0 Å². The Kier molecular flexibility index (Phi) is 4.82. The molecule has 0 fully saturated rings. The van der Waals surface area contributed by atoms with Crippen LogP contribution < -0.4 is 10.5 Å². The van der Waals surface area contributed by atoms with Crippen molar-refractivity contribution in [3.63, 3.8) is 0 Å². The quantitative estimate of drug-likeness (QED) is 0.856. The highest BCUT2D eigenvalue weighted by Gasteiger charge is 2.18. The van der Waals surface area contributed by atoms with Crippen LogP contribution in [0.5, 0.6) is 0 Å². The Balaban J connectivity index is 1.99. The van der Waals surface area contributed by atoms with Crippen LogP contribution in [0.15, 0.2) is 22.5 Å². The highest BCUT2D eigenvalue weighted by molar-refractivity contribution is 7.91. The largest absolute Gasteiger partial charge is 0.374 e. The van der Waals surface area contributed by atoms with Crippen molar-refractivity contribution in [2.45, 2.75) is 10.8 Å². The maximum absolute atomic E-state index is 11.9. The van der Waals surface area contributed by atoms with E-state index in [1.807, 2.05) is 0 Å². The van der Waals surface area contributed by atoms with E-state index >= 15 is 0 Å². The molecule has 20 heavy (non-hydrogen) atoms. The van der Waals surface area contributed by atoms with Crippen molar-refractivity contribution in [1.82, 2.24) is 14.9 Å². The molecule has 0 unspecified atom stereocenters. The van der Waals surface area contributed by atoms with Crippen LogP contribution in [-0.2, 0) is 16.4 Å². The first kappa shape index (κ1) is 15.5. The fourth-order valence-corrected chi connectivity index (χ4v) is 3.79. The summed E-state index contributed by atoms with van der Waals surface area (Å²) in [5, 5.41) is 8.09. The molecule has 108 valence electrons. The van der Waals surface area contributed by atoms with Crippen LogP contribution in [0.1, 0.15) is 5.56 Å². The molecule has 10 heteroatoms. The summed E-state index contributed by atoms with van der Waals surface area (Å²) in [6.07, 6.45) is 0.434. The fraction of sp³-hybridized carbons (Fsp3) is 0.200. The number of hydrogen-bond donors (Lipinski definition) is 2. The molecule has 0 bridgehead atoms. The van der Waals surface area contributed by atoms with Crippen LogP contribution in [-0.4, -0.2) is 25.2 Å². The molecule has 0 aliphatic heterocycles. The van der Waals surface area contributed by atoms with Gasteiger partial charge >= 0.3 is 0 Å². The van der Waals surface area contributed by atoms with E-state index in [-0.39, 0.29) is 16.0 Å². The average molecular weight is 353 g/mol. The Hall–Kier alpha value is -0.930. The van der Waals surface area contributed by atoms with Crippen LogP contribution >= 0.6 is 34.5 Å². The van der Waals surface area contributed by atoms with Crippen LogP contribution in [0.3, 0.4) is 0 Å². The number of halogens is 2. The van der Waals surface area contributed by atoms with E-state index in [0.29, 0.717) is 16.5 Å². The molecule has 1 heterocycles. The molecule has 6 nitrogen and oxygen atoms in total. The van der Waals surface area contributed by atoms with Crippen LogP contribution in [0.25, 0.3) is 0 Å². The van der Waals surface area contributed by atoms with Gasteiger partial charge < -0.3 is 5.73 Å². The normalized spacial score (nSPS) is 11.7. The molecular formula is C10H10Cl2N4O2S2. The monoisotopic (exact) mass is 352 g/mol. The number of rotatable bonds is 5. The van der Waals surface area contributed by atoms with E-state index in [4.69, 9.17) is 28.9 Å². The topological polar surface area (TPSA) is 98.0 Å². The van der Waals surface area contributed by atoms with E-state index < -0.39 is 10.0 Å². The number of sulfonamides is 1. The molecule has 0 saturated carbocycles. The Morgan fingerprint density at radius 1 is 1.30 bits per heavy atom. The Morgan fingerprint density at radius 3 is 2.65 bits per heavy atom. The number of anilines is 1. The molecule has 2 aromatic rings. The average Bonchev–Trinajstić information content (AvgIpc) is 2.79. The van der Waals surface area contributed by atoms with Crippen molar-refractivity contribution in [2.24, 2.45) is 0 Å². The molecule has 3 N–H and O–H groups in total. The third-order valence-electron chi connectivity index (χ3n) is 2.35. The first-order valence-corrected chi connectivity index (χ1v) is 8.46. The van der Waals surface area contributed by atoms with E-state index in [1.165, 1.54) is 0 Å². The van der Waals surface area contributed by atoms with Crippen molar-refractivity contribution in [3.05, 3.63) is 33.8 Å². The van der Waals surface area contributed by atoms with E-state index in [2.05, 4.69) is 14.9 Å². The summed E-state index contributed by atoms with van der Waals surface area (Å²) < 4.78 is 26.0. The van der Waals surface area contributed by atoms with E-state index in [1.54, 1.807) is 18.2 Å². The summed E-state index contributed by atoms with van der Waals surface area (Å²) in [7, 11) is -3.68. The lowest BCUT2D eigenvalue weighted by molar-refractivity contribution is 0.579. The predicted octanol–water partition coefficient (Wildman–Crippen LogP) is 1.95. The molecule has 0 aliphatic carbocycles. The van der Waals surface area contributed by atoms with Crippen molar-refractivity contribution in [3.8, 4) is 0 Å². The van der Waals surface area contributed by atoms with Gasteiger partial charge in [0.2, 0.25) is 9.47 Å². The van der Waals surface area contributed by atoms with Gasteiger partial charge in [-0.25, -0.2) is 13.1 Å². The van der Waals surface area contributed by atoms with E-state index in [9.17, 15) is 8.42 Å². The minimum atomic E-state index is -3.68. The van der Waals surface area contributed by atoms with Gasteiger partial charge in [0, 0.05) is 16.6 Å². The van der Waals surface area contributed by atoms with Gasteiger partial charge in [-0.1, -0.05) is 40.6 Å². The maximum Gasteiger partial charge on any atom is 0.269 e. The summed E-state index contributed by atoms with van der Waals surface area (Å²) in [5.74, 6) is 0. The molecule has 2 rings (SSSR count). The fourth-order valence-electron chi connectivity index (χ4n) is 1.44. The second-order valence-electron chi connectivity index (χ2n) is 3.79. The minimum Gasteiger partial charge on any atom is -0.374 e. The summed E-state index contributed by atoms with van der Waals surface area (Å²) in [6.45, 7) is 0.184. The van der Waals surface area contributed by atoms with Gasteiger partial charge in [-0.3, -0.25) is 0 Å². The number of aromatic nitrogens is 2. The van der Waals surface area contributed by atoms with Crippen molar-refractivity contribution < 1.29 is 8.42 Å². The van der Waals surface area contributed by atoms with Gasteiger partial charge in [0.25, 0.3) is 10.0 Å². The summed E-state index contributed by atoms with van der Waals surface area (Å²) in [6, 6.07) is 5.06. The van der Waals surface area contributed by atoms with Crippen LogP contribution in [0.4, 0.5) is 5.13 Å². The maximum atomic E-state index is 11.9. The zero-order valence-corrected chi connectivity index (χ0v) is 13.2. The number of benzene rings is 1. The van der Waals surface area contributed by atoms with Crippen molar-refractivity contribution in [2.75, 3.05) is 12.3 Å². The SMILES string of the molecule is Nc1nnc(S(=O)(=O)NCCc2ccc(Cl)cc2Cl)s1. The highest BCUT2D eigenvalue weighted by Crippen LogP contribution is 2.21. The summed E-state index contributed by atoms with van der Waals surface area (Å²) in [4.78, 5) is 0. The van der Waals surface area contributed by atoms with Gasteiger partial charge in [-0.05, 0) is 24.1 Å². The standard InChI is InChI=1S/C10H10Cl2N4O2S2/c11-7-2-1-6(8(12)5-7)3-4-14-20(17,18)10-16-15-9(13)19-10/h1-2,5,14H,3-4H2,(H2,13,15). The zero-order valence-electron chi connectivity index (χ0n) is 10.0. The molecular weight excluding hydrogens is 343 g/mol. The number of nitrogens with one attached hydrogen (secondary N) is 1. The van der Waals surface area contributed by atoms with Gasteiger partial charge in [0.15, 0.2) is 0 Å². The Bertz CT molecular complexity index is 718. The molecule has 0 spiro atoms. The number of nitrogen functional groups attached to an aromatic ring is 1. The number of nitrogens with zero attached hydrogens (tertiary/aromatic N) is 2.